The molecule has 1 fully saturated rings. The molecule has 25 heavy (non-hydrogen) atoms. The van der Waals surface area contributed by atoms with Gasteiger partial charge in [0, 0.05) is 31.4 Å². The van der Waals surface area contributed by atoms with Gasteiger partial charge in [0.1, 0.15) is 0 Å². The summed E-state index contributed by atoms with van der Waals surface area (Å²) >= 11 is 0. The Morgan fingerprint density at radius 1 is 1.28 bits per heavy atom. The highest BCUT2D eigenvalue weighted by Gasteiger charge is 2.15. The molecule has 0 bridgehead atoms. The minimum absolute atomic E-state index is 0.0900. The number of aromatic amines is 1. The molecule has 1 aromatic carbocycles. The van der Waals surface area contributed by atoms with Crippen LogP contribution in [0, 0.1) is 13.8 Å². The molecule has 0 atom stereocenters. The van der Waals surface area contributed by atoms with Crippen molar-refractivity contribution in [1.29, 1.82) is 0 Å². The number of carbonyl (C=O) groups is 1. The van der Waals surface area contributed by atoms with E-state index in [9.17, 15) is 9.59 Å². The average Bonchev–Trinajstić information content (AvgIpc) is 2.60. The molecule has 3 rings (SSSR count). The van der Waals surface area contributed by atoms with Gasteiger partial charge in [0.05, 0.1) is 5.52 Å². The zero-order valence-electron chi connectivity index (χ0n) is 14.8. The minimum atomic E-state index is -0.185. The normalized spacial score (nSPS) is 15.3. The number of urea groups is 1. The second-order valence-corrected chi connectivity index (χ2v) is 6.63. The number of aryl methyl sites for hydroxylation is 2. The van der Waals surface area contributed by atoms with Crippen molar-refractivity contribution in [3.05, 3.63) is 45.2 Å². The number of hydrogen-bond acceptors (Lipinski definition) is 3. The van der Waals surface area contributed by atoms with Crippen molar-refractivity contribution < 1.29 is 9.53 Å². The Kier molecular flexibility index (Phi) is 5.38. The average molecular weight is 343 g/mol. The van der Waals surface area contributed by atoms with Crippen LogP contribution in [0.1, 0.15) is 29.5 Å². The first kappa shape index (κ1) is 17.5. The van der Waals surface area contributed by atoms with E-state index >= 15 is 0 Å². The number of aromatic nitrogens is 1. The Hall–Kier alpha value is -2.34. The molecule has 134 valence electrons. The van der Waals surface area contributed by atoms with Crippen LogP contribution in [-0.4, -0.2) is 36.8 Å². The summed E-state index contributed by atoms with van der Waals surface area (Å²) in [4.78, 5) is 27.2. The summed E-state index contributed by atoms with van der Waals surface area (Å²) in [5.41, 5.74) is 3.73. The maximum Gasteiger partial charge on any atom is 0.315 e. The molecular weight excluding hydrogens is 318 g/mol. The first-order valence-electron chi connectivity index (χ1n) is 8.79. The van der Waals surface area contributed by atoms with E-state index < -0.39 is 0 Å². The number of ether oxygens (including phenoxy) is 1. The van der Waals surface area contributed by atoms with Crippen LogP contribution in [0.25, 0.3) is 10.9 Å². The fourth-order valence-electron chi connectivity index (χ4n) is 3.14. The van der Waals surface area contributed by atoms with Crippen LogP contribution >= 0.6 is 0 Å². The van der Waals surface area contributed by atoms with Gasteiger partial charge in [-0.3, -0.25) is 4.79 Å². The molecule has 2 aromatic rings. The smallest absolute Gasteiger partial charge is 0.315 e. The number of nitrogens with one attached hydrogen (secondary N) is 3. The lowest BCUT2D eigenvalue weighted by molar-refractivity contribution is 0.0801. The molecule has 3 N–H and O–H groups in total. The van der Waals surface area contributed by atoms with Gasteiger partial charge >= 0.3 is 6.03 Å². The van der Waals surface area contributed by atoms with Crippen molar-refractivity contribution in [2.75, 3.05) is 19.8 Å². The van der Waals surface area contributed by atoms with Gasteiger partial charge in [-0.15, -0.1) is 0 Å². The molecular formula is C19H25N3O3. The molecule has 1 saturated heterocycles. The van der Waals surface area contributed by atoms with Crippen LogP contribution in [0.3, 0.4) is 0 Å². The van der Waals surface area contributed by atoms with Crippen LogP contribution < -0.4 is 16.2 Å². The van der Waals surface area contributed by atoms with Gasteiger partial charge in [-0.05, 0) is 55.7 Å². The quantitative estimate of drug-likeness (QED) is 0.795. The lowest BCUT2D eigenvalue weighted by Gasteiger charge is -2.23. The molecule has 1 aromatic heterocycles. The molecule has 6 heteroatoms. The summed E-state index contributed by atoms with van der Waals surface area (Å²) < 4.78 is 5.27. The SMILES string of the molecule is Cc1ccc2cc(CCNC(=O)NC3CCOCC3)c(=O)[nH]c2c1C. The van der Waals surface area contributed by atoms with Gasteiger partial charge in [0.2, 0.25) is 0 Å². The minimum Gasteiger partial charge on any atom is -0.381 e. The number of H-pyrrole nitrogens is 1. The highest BCUT2D eigenvalue weighted by Crippen LogP contribution is 2.18. The van der Waals surface area contributed by atoms with Crippen molar-refractivity contribution in [1.82, 2.24) is 15.6 Å². The third-order valence-corrected chi connectivity index (χ3v) is 4.86. The Balaban J connectivity index is 1.59. The summed E-state index contributed by atoms with van der Waals surface area (Å²) in [5, 5.41) is 6.80. The van der Waals surface area contributed by atoms with E-state index in [1.54, 1.807) is 0 Å². The molecule has 1 aliphatic heterocycles. The van der Waals surface area contributed by atoms with Crippen molar-refractivity contribution in [3.8, 4) is 0 Å². The van der Waals surface area contributed by atoms with Crippen LogP contribution in [0.15, 0.2) is 23.0 Å². The van der Waals surface area contributed by atoms with Gasteiger partial charge in [0.15, 0.2) is 0 Å². The molecule has 1 aliphatic rings. The molecule has 0 aliphatic carbocycles. The Labute approximate surface area is 147 Å². The summed E-state index contributed by atoms with van der Waals surface area (Å²) in [5.74, 6) is 0. The lowest BCUT2D eigenvalue weighted by Crippen LogP contribution is -2.45. The first-order chi connectivity index (χ1) is 12.0. The highest BCUT2D eigenvalue weighted by atomic mass is 16.5. The number of pyridine rings is 1. The van der Waals surface area contributed by atoms with E-state index in [1.165, 1.54) is 0 Å². The number of hydrogen-bond donors (Lipinski definition) is 3. The largest absolute Gasteiger partial charge is 0.381 e. The molecule has 2 amide bonds. The fraction of sp³-hybridized carbons (Fsp3) is 0.474. The van der Waals surface area contributed by atoms with Crippen molar-refractivity contribution in [2.24, 2.45) is 0 Å². The predicted octanol–water partition coefficient (Wildman–Crippen LogP) is 2.17. The van der Waals surface area contributed by atoms with E-state index in [1.807, 2.05) is 26.0 Å². The van der Waals surface area contributed by atoms with E-state index in [0.717, 1.165) is 34.9 Å². The van der Waals surface area contributed by atoms with E-state index in [-0.39, 0.29) is 17.6 Å². The zero-order valence-corrected chi connectivity index (χ0v) is 14.8. The lowest BCUT2D eigenvalue weighted by atomic mass is 10.0. The topological polar surface area (TPSA) is 83.2 Å². The van der Waals surface area contributed by atoms with Gasteiger partial charge in [-0.2, -0.15) is 0 Å². The van der Waals surface area contributed by atoms with Crippen LogP contribution in [0.5, 0.6) is 0 Å². The maximum atomic E-state index is 12.3. The van der Waals surface area contributed by atoms with E-state index in [0.29, 0.717) is 31.7 Å². The van der Waals surface area contributed by atoms with Gasteiger partial charge in [-0.25, -0.2) is 4.79 Å². The number of rotatable bonds is 4. The van der Waals surface area contributed by atoms with Crippen molar-refractivity contribution in [3.63, 3.8) is 0 Å². The molecule has 0 unspecified atom stereocenters. The number of carbonyl (C=O) groups excluding carboxylic acids is 1. The maximum absolute atomic E-state index is 12.3. The van der Waals surface area contributed by atoms with Crippen LogP contribution in [0.2, 0.25) is 0 Å². The molecule has 6 nitrogen and oxygen atoms in total. The second kappa shape index (κ2) is 7.70. The summed E-state index contributed by atoms with van der Waals surface area (Å²) in [6.45, 7) is 5.85. The van der Waals surface area contributed by atoms with Crippen molar-refractivity contribution >= 4 is 16.9 Å². The Morgan fingerprint density at radius 3 is 2.80 bits per heavy atom. The summed E-state index contributed by atoms with van der Waals surface area (Å²) in [6, 6.07) is 5.97. The van der Waals surface area contributed by atoms with Gasteiger partial charge in [-0.1, -0.05) is 12.1 Å². The molecule has 0 saturated carbocycles. The third kappa shape index (κ3) is 4.20. The predicted molar refractivity (Wildman–Crippen MR) is 98.1 cm³/mol. The fourth-order valence-corrected chi connectivity index (χ4v) is 3.14. The third-order valence-electron chi connectivity index (χ3n) is 4.86. The monoisotopic (exact) mass is 343 g/mol. The number of benzene rings is 1. The molecule has 0 spiro atoms. The number of fused-ring (bicyclic) bond motifs is 1. The zero-order chi connectivity index (χ0) is 17.8. The molecule has 0 radical (unpaired) electrons. The number of amides is 2. The second-order valence-electron chi connectivity index (χ2n) is 6.63. The van der Waals surface area contributed by atoms with Crippen LogP contribution in [0.4, 0.5) is 4.79 Å². The summed E-state index contributed by atoms with van der Waals surface area (Å²) in [6.07, 6.45) is 2.19. The van der Waals surface area contributed by atoms with Crippen molar-refractivity contribution in [2.45, 2.75) is 39.2 Å². The van der Waals surface area contributed by atoms with E-state index in [2.05, 4.69) is 21.7 Å². The van der Waals surface area contributed by atoms with Gasteiger partial charge < -0.3 is 20.4 Å². The summed E-state index contributed by atoms with van der Waals surface area (Å²) in [7, 11) is 0. The standard InChI is InChI=1S/C19H25N3O3/c1-12-3-4-14-11-15(18(23)22-17(14)13(12)2)5-8-20-19(24)21-16-6-9-25-10-7-16/h3-4,11,16H,5-10H2,1-2H3,(H,22,23)(H2,20,21,24). The Morgan fingerprint density at radius 2 is 2.04 bits per heavy atom. The van der Waals surface area contributed by atoms with E-state index in [4.69, 9.17) is 4.74 Å². The highest BCUT2D eigenvalue weighted by molar-refractivity contribution is 5.83. The Bertz CT molecular complexity index is 823. The van der Waals surface area contributed by atoms with Crippen LogP contribution in [-0.2, 0) is 11.2 Å². The van der Waals surface area contributed by atoms with Gasteiger partial charge in [0.25, 0.3) is 5.56 Å². The molecule has 2 heterocycles. The first-order valence-corrected chi connectivity index (χ1v) is 8.79.